The monoisotopic (exact) mass is 392 g/mol. The van der Waals surface area contributed by atoms with Crippen molar-refractivity contribution in [3.8, 4) is 28.7 Å². The first-order chi connectivity index (χ1) is 13.0. The Labute approximate surface area is 163 Å². The van der Waals surface area contributed by atoms with Crippen LogP contribution in [0, 0.1) is 0 Å². The lowest BCUT2D eigenvalue weighted by atomic mass is 10.1. The Bertz CT molecular complexity index is 835. The van der Waals surface area contributed by atoms with Gasteiger partial charge in [0.1, 0.15) is 0 Å². The van der Waals surface area contributed by atoms with Crippen LogP contribution in [-0.4, -0.2) is 41.3 Å². The first kappa shape index (κ1) is 20.5. The highest BCUT2D eigenvalue weighted by Crippen LogP contribution is 2.39. The Hall–Kier alpha value is -2.86. The van der Waals surface area contributed by atoms with E-state index >= 15 is 0 Å². The number of carbonyl (C=O) groups is 1. The molecule has 0 unspecified atom stereocenters. The number of hydrogen-bond acceptors (Lipinski definition) is 6. The number of carbonyl (C=O) groups excluding carboxylic acids is 1. The molecule has 0 heterocycles. The highest BCUT2D eigenvalue weighted by atomic mass is 35.5. The van der Waals surface area contributed by atoms with Crippen LogP contribution in [0.5, 0.6) is 28.7 Å². The summed E-state index contributed by atoms with van der Waals surface area (Å²) in [5.74, 6) is 1.91. The predicted octanol–water partition coefficient (Wildman–Crippen LogP) is 4.28. The van der Waals surface area contributed by atoms with Crippen molar-refractivity contribution < 1.29 is 28.5 Å². The minimum absolute atomic E-state index is 0.236. The van der Waals surface area contributed by atoms with Gasteiger partial charge in [-0.15, -0.1) is 0 Å². The summed E-state index contributed by atoms with van der Waals surface area (Å²) in [5, 5.41) is 0.386. The summed E-state index contributed by atoms with van der Waals surface area (Å²) in [6.45, 7) is 0. The molecular weight excluding hydrogens is 372 g/mol. The van der Waals surface area contributed by atoms with Crippen molar-refractivity contribution in [2.45, 2.75) is 0 Å². The molecule has 6 nitrogen and oxygen atoms in total. The molecule has 2 aromatic carbocycles. The maximum atomic E-state index is 12.6. The molecule has 27 heavy (non-hydrogen) atoms. The van der Waals surface area contributed by atoms with Gasteiger partial charge in [0.15, 0.2) is 28.8 Å². The van der Waals surface area contributed by atoms with Crippen LogP contribution >= 0.6 is 11.6 Å². The van der Waals surface area contributed by atoms with E-state index in [4.69, 9.17) is 35.3 Å². The van der Waals surface area contributed by atoms with Gasteiger partial charge < -0.3 is 23.7 Å². The Morgan fingerprint density at radius 3 is 1.78 bits per heavy atom. The van der Waals surface area contributed by atoms with Crippen LogP contribution in [0.25, 0.3) is 6.08 Å². The van der Waals surface area contributed by atoms with E-state index in [0.29, 0.717) is 44.9 Å². The minimum atomic E-state index is -0.236. The summed E-state index contributed by atoms with van der Waals surface area (Å²) in [7, 11) is 7.51. The molecule has 0 fully saturated rings. The van der Waals surface area contributed by atoms with Gasteiger partial charge in [0.2, 0.25) is 5.75 Å². The van der Waals surface area contributed by atoms with E-state index in [1.807, 2.05) is 0 Å². The minimum Gasteiger partial charge on any atom is -0.493 e. The van der Waals surface area contributed by atoms with Crippen molar-refractivity contribution >= 4 is 23.5 Å². The lowest BCUT2D eigenvalue weighted by Crippen LogP contribution is -2.00. The summed E-state index contributed by atoms with van der Waals surface area (Å²) >= 11 is 6.19. The molecule has 2 aromatic rings. The molecule has 0 spiro atoms. The quantitative estimate of drug-likeness (QED) is 0.493. The number of ketones is 1. The molecule has 2 rings (SSSR count). The zero-order valence-corrected chi connectivity index (χ0v) is 16.5. The third-order valence-electron chi connectivity index (χ3n) is 3.83. The van der Waals surface area contributed by atoms with Crippen LogP contribution in [0.2, 0.25) is 5.02 Å². The van der Waals surface area contributed by atoms with Crippen molar-refractivity contribution in [3.63, 3.8) is 0 Å². The SMILES string of the molecule is COc1cc(/C=C/C(=O)c2cc(OC)c(OC)c(OC)c2)cc(Cl)c1OC. The highest BCUT2D eigenvalue weighted by molar-refractivity contribution is 6.32. The van der Waals surface area contributed by atoms with Crippen molar-refractivity contribution in [1.82, 2.24) is 0 Å². The molecule has 0 aliphatic heterocycles. The number of halogens is 1. The fraction of sp³-hybridized carbons (Fsp3) is 0.250. The summed E-state index contributed by atoms with van der Waals surface area (Å²) < 4.78 is 26.3. The number of rotatable bonds is 8. The number of hydrogen-bond donors (Lipinski definition) is 0. The molecule has 0 N–H and O–H groups in total. The smallest absolute Gasteiger partial charge is 0.203 e. The van der Waals surface area contributed by atoms with E-state index in [1.165, 1.54) is 41.6 Å². The van der Waals surface area contributed by atoms with Gasteiger partial charge in [-0.05, 0) is 35.9 Å². The second-order valence-electron chi connectivity index (χ2n) is 5.35. The first-order valence-corrected chi connectivity index (χ1v) is 8.30. The van der Waals surface area contributed by atoms with Crippen LogP contribution < -0.4 is 23.7 Å². The molecule has 0 amide bonds. The third-order valence-corrected chi connectivity index (χ3v) is 4.11. The molecule has 144 valence electrons. The van der Waals surface area contributed by atoms with E-state index in [1.54, 1.807) is 30.3 Å². The van der Waals surface area contributed by atoms with E-state index in [0.717, 1.165) is 0 Å². The van der Waals surface area contributed by atoms with Crippen molar-refractivity contribution in [1.29, 1.82) is 0 Å². The topological polar surface area (TPSA) is 63.2 Å². The first-order valence-electron chi connectivity index (χ1n) is 7.93. The van der Waals surface area contributed by atoms with Gasteiger partial charge in [-0.3, -0.25) is 4.79 Å². The summed E-state index contributed by atoms with van der Waals surface area (Å²) in [6.07, 6.45) is 3.07. The Kier molecular flexibility index (Phi) is 6.96. The molecule has 7 heteroatoms. The maximum absolute atomic E-state index is 12.6. The largest absolute Gasteiger partial charge is 0.493 e. The van der Waals surface area contributed by atoms with Gasteiger partial charge in [0.05, 0.1) is 40.6 Å². The Morgan fingerprint density at radius 2 is 1.30 bits per heavy atom. The maximum Gasteiger partial charge on any atom is 0.203 e. The van der Waals surface area contributed by atoms with Crippen molar-refractivity contribution in [2.24, 2.45) is 0 Å². The Morgan fingerprint density at radius 1 is 0.778 bits per heavy atom. The van der Waals surface area contributed by atoms with E-state index in [9.17, 15) is 4.79 Å². The fourth-order valence-electron chi connectivity index (χ4n) is 2.53. The lowest BCUT2D eigenvalue weighted by Gasteiger charge is -2.13. The average molecular weight is 393 g/mol. The van der Waals surface area contributed by atoms with Gasteiger partial charge in [-0.2, -0.15) is 0 Å². The number of benzene rings is 2. The van der Waals surface area contributed by atoms with Gasteiger partial charge in [-0.1, -0.05) is 17.7 Å². The van der Waals surface area contributed by atoms with Crippen LogP contribution in [0.3, 0.4) is 0 Å². The van der Waals surface area contributed by atoms with E-state index < -0.39 is 0 Å². The molecule has 0 radical (unpaired) electrons. The van der Waals surface area contributed by atoms with Gasteiger partial charge in [0.25, 0.3) is 0 Å². The lowest BCUT2D eigenvalue weighted by molar-refractivity contribution is 0.104. The van der Waals surface area contributed by atoms with Crippen molar-refractivity contribution in [3.05, 3.63) is 46.5 Å². The standard InChI is InChI=1S/C20H21ClO6/c1-23-16-9-12(8-14(21)19(16)26-4)6-7-15(22)13-10-17(24-2)20(27-5)18(11-13)25-3/h6-11H,1-5H3/b7-6+. The van der Waals surface area contributed by atoms with Crippen LogP contribution in [0.1, 0.15) is 15.9 Å². The zero-order chi connectivity index (χ0) is 20.0. The van der Waals surface area contributed by atoms with E-state index in [-0.39, 0.29) is 5.78 Å². The van der Waals surface area contributed by atoms with Crippen molar-refractivity contribution in [2.75, 3.05) is 35.5 Å². The van der Waals surface area contributed by atoms with E-state index in [2.05, 4.69) is 0 Å². The molecule has 0 atom stereocenters. The number of allylic oxidation sites excluding steroid dienone is 1. The van der Waals surface area contributed by atoms with Crippen LogP contribution in [-0.2, 0) is 0 Å². The molecule has 0 bridgehead atoms. The third kappa shape index (κ3) is 4.46. The summed E-state index contributed by atoms with van der Waals surface area (Å²) in [6, 6.07) is 6.59. The highest BCUT2D eigenvalue weighted by Gasteiger charge is 2.16. The molecule has 0 aromatic heterocycles. The van der Waals surface area contributed by atoms with Gasteiger partial charge in [-0.25, -0.2) is 0 Å². The van der Waals surface area contributed by atoms with Gasteiger partial charge >= 0.3 is 0 Å². The molecule has 0 saturated carbocycles. The summed E-state index contributed by atoms with van der Waals surface area (Å²) in [4.78, 5) is 12.6. The molecule has 0 aliphatic carbocycles. The Balaban J connectivity index is 2.36. The molecule has 0 aliphatic rings. The van der Waals surface area contributed by atoms with Crippen LogP contribution in [0.15, 0.2) is 30.3 Å². The second kappa shape index (κ2) is 9.19. The van der Waals surface area contributed by atoms with Crippen LogP contribution in [0.4, 0.5) is 0 Å². The average Bonchev–Trinajstić information content (AvgIpc) is 2.69. The second-order valence-corrected chi connectivity index (χ2v) is 5.76. The number of ether oxygens (including phenoxy) is 5. The molecular formula is C20H21ClO6. The molecule has 0 saturated heterocycles. The normalized spacial score (nSPS) is 10.6. The summed E-state index contributed by atoms with van der Waals surface area (Å²) in [5.41, 5.74) is 1.09. The number of methoxy groups -OCH3 is 5. The van der Waals surface area contributed by atoms with Gasteiger partial charge in [0, 0.05) is 5.56 Å². The zero-order valence-electron chi connectivity index (χ0n) is 15.8. The fourth-order valence-corrected chi connectivity index (χ4v) is 2.82. The predicted molar refractivity (Wildman–Crippen MR) is 104 cm³/mol.